The minimum Gasteiger partial charge on any atom is -0.461 e. The van der Waals surface area contributed by atoms with Gasteiger partial charge in [-0.15, -0.1) is 0 Å². The van der Waals surface area contributed by atoms with Crippen molar-refractivity contribution in [3.05, 3.63) is 11.3 Å². The van der Waals surface area contributed by atoms with Crippen LogP contribution in [0.25, 0.3) is 0 Å². The molecular weight excluding hydrogens is 230 g/mol. The van der Waals surface area contributed by atoms with Gasteiger partial charge in [0.05, 0.1) is 6.61 Å². The second-order valence-corrected chi connectivity index (χ2v) is 4.60. The van der Waals surface area contributed by atoms with Crippen LogP contribution in [0.1, 0.15) is 62.5 Å². The van der Waals surface area contributed by atoms with Crippen LogP contribution in [0.2, 0.25) is 0 Å². The number of unbranched alkanes of at least 4 members (excludes halogenated alkanes) is 1. The number of anilines is 1. The molecule has 0 spiro atoms. The number of esters is 1. The molecule has 0 bridgehead atoms. The number of carbonyl (C=O) groups is 1. The maximum atomic E-state index is 11.9. The van der Waals surface area contributed by atoms with E-state index in [1.165, 1.54) is 0 Å². The lowest BCUT2D eigenvalue weighted by molar-refractivity contribution is 0.0516. The number of nitrogens with zero attached hydrogens (tertiary/aromatic N) is 2. The number of aromatic nitrogens is 2. The van der Waals surface area contributed by atoms with Gasteiger partial charge >= 0.3 is 5.97 Å². The molecule has 2 N–H and O–H groups in total. The van der Waals surface area contributed by atoms with Crippen molar-refractivity contribution >= 4 is 11.8 Å². The number of rotatable bonds is 6. The molecule has 1 aromatic rings. The van der Waals surface area contributed by atoms with Crippen LogP contribution in [-0.4, -0.2) is 22.4 Å². The van der Waals surface area contributed by atoms with E-state index in [4.69, 9.17) is 10.5 Å². The number of aryl methyl sites for hydroxylation is 1. The molecule has 0 amide bonds. The summed E-state index contributed by atoms with van der Waals surface area (Å²) in [5.41, 5.74) is 7.23. The van der Waals surface area contributed by atoms with Gasteiger partial charge in [-0.05, 0) is 19.3 Å². The molecule has 1 rings (SSSR count). The van der Waals surface area contributed by atoms with Crippen LogP contribution in [0.15, 0.2) is 0 Å². The number of carbonyl (C=O) groups excluding carboxylic acids is 1. The van der Waals surface area contributed by atoms with Gasteiger partial charge in [-0.3, -0.25) is 0 Å². The van der Waals surface area contributed by atoms with E-state index >= 15 is 0 Å². The normalized spacial score (nSPS) is 10.9. The van der Waals surface area contributed by atoms with Crippen molar-refractivity contribution in [1.82, 2.24) is 9.78 Å². The van der Waals surface area contributed by atoms with Crippen LogP contribution in [-0.2, 0) is 11.3 Å². The van der Waals surface area contributed by atoms with Crippen LogP contribution >= 0.6 is 0 Å². The first-order valence-electron chi connectivity index (χ1n) is 6.56. The Morgan fingerprint density at radius 1 is 1.44 bits per heavy atom. The SMILES string of the molecule is CCCCn1nc(C(=O)OCC)c(C(C)C)c1N. The molecular formula is C13H23N3O2. The van der Waals surface area contributed by atoms with Crippen molar-refractivity contribution in [2.24, 2.45) is 0 Å². The highest BCUT2D eigenvalue weighted by Gasteiger charge is 2.24. The Morgan fingerprint density at radius 3 is 2.61 bits per heavy atom. The molecule has 0 aromatic carbocycles. The fourth-order valence-electron chi connectivity index (χ4n) is 1.89. The van der Waals surface area contributed by atoms with Crippen LogP contribution in [0, 0.1) is 0 Å². The minimum absolute atomic E-state index is 0.153. The fraction of sp³-hybridized carbons (Fsp3) is 0.692. The highest BCUT2D eigenvalue weighted by Crippen LogP contribution is 2.26. The molecule has 0 saturated carbocycles. The Morgan fingerprint density at radius 2 is 2.11 bits per heavy atom. The average molecular weight is 253 g/mol. The number of hydrogen-bond donors (Lipinski definition) is 1. The molecule has 0 aliphatic rings. The summed E-state index contributed by atoms with van der Waals surface area (Å²) in [7, 11) is 0. The third-order valence-electron chi connectivity index (χ3n) is 2.80. The van der Waals surface area contributed by atoms with Crippen LogP contribution in [0.5, 0.6) is 0 Å². The molecule has 1 heterocycles. The van der Waals surface area contributed by atoms with Gasteiger partial charge in [0.25, 0.3) is 0 Å². The smallest absolute Gasteiger partial charge is 0.359 e. The van der Waals surface area contributed by atoms with E-state index in [1.54, 1.807) is 11.6 Å². The summed E-state index contributed by atoms with van der Waals surface area (Å²) in [5.74, 6) is 0.351. The van der Waals surface area contributed by atoms with Gasteiger partial charge in [-0.2, -0.15) is 5.10 Å². The van der Waals surface area contributed by atoms with Crippen molar-refractivity contribution in [2.75, 3.05) is 12.3 Å². The third kappa shape index (κ3) is 3.03. The highest BCUT2D eigenvalue weighted by atomic mass is 16.5. The topological polar surface area (TPSA) is 70.1 Å². The van der Waals surface area contributed by atoms with Gasteiger partial charge in [0.2, 0.25) is 0 Å². The van der Waals surface area contributed by atoms with Gasteiger partial charge in [0.1, 0.15) is 5.82 Å². The Bertz CT molecular complexity index is 411. The molecule has 1 aromatic heterocycles. The zero-order valence-electron chi connectivity index (χ0n) is 11.7. The lowest BCUT2D eigenvalue weighted by atomic mass is 10.0. The standard InChI is InChI=1S/C13H23N3O2/c1-5-7-8-16-12(14)10(9(3)4)11(15-16)13(17)18-6-2/h9H,5-8,14H2,1-4H3. The summed E-state index contributed by atoms with van der Waals surface area (Å²) < 4.78 is 6.73. The third-order valence-corrected chi connectivity index (χ3v) is 2.80. The summed E-state index contributed by atoms with van der Waals surface area (Å²) >= 11 is 0. The number of nitrogens with two attached hydrogens (primary N) is 1. The van der Waals surface area contributed by atoms with Crippen molar-refractivity contribution in [1.29, 1.82) is 0 Å². The lowest BCUT2D eigenvalue weighted by Gasteiger charge is -2.07. The zero-order valence-corrected chi connectivity index (χ0v) is 11.7. The van der Waals surface area contributed by atoms with Gasteiger partial charge in [0.15, 0.2) is 5.69 Å². The summed E-state index contributed by atoms with van der Waals surface area (Å²) in [6.45, 7) is 8.97. The van der Waals surface area contributed by atoms with E-state index in [-0.39, 0.29) is 11.9 Å². The van der Waals surface area contributed by atoms with Crippen molar-refractivity contribution in [3.63, 3.8) is 0 Å². The van der Waals surface area contributed by atoms with Crippen LogP contribution < -0.4 is 5.73 Å². The Kier molecular flexibility index (Phi) is 5.19. The molecule has 102 valence electrons. The van der Waals surface area contributed by atoms with E-state index in [9.17, 15) is 4.79 Å². The van der Waals surface area contributed by atoms with Crippen LogP contribution in [0.3, 0.4) is 0 Å². The first-order valence-corrected chi connectivity index (χ1v) is 6.56. The molecule has 5 nitrogen and oxygen atoms in total. The summed E-state index contributed by atoms with van der Waals surface area (Å²) in [4.78, 5) is 11.9. The summed E-state index contributed by atoms with van der Waals surface area (Å²) in [5, 5.41) is 4.30. The molecule has 0 atom stereocenters. The minimum atomic E-state index is -0.386. The predicted octanol–water partition coefficient (Wildman–Crippen LogP) is 2.57. The average Bonchev–Trinajstić information content (AvgIpc) is 2.64. The molecule has 0 radical (unpaired) electrons. The van der Waals surface area contributed by atoms with Crippen LogP contribution in [0.4, 0.5) is 5.82 Å². The molecule has 0 unspecified atom stereocenters. The second kappa shape index (κ2) is 6.42. The van der Waals surface area contributed by atoms with E-state index in [0.717, 1.165) is 24.9 Å². The lowest BCUT2D eigenvalue weighted by Crippen LogP contribution is -2.09. The number of ether oxygens (including phenoxy) is 1. The molecule has 0 aliphatic carbocycles. The largest absolute Gasteiger partial charge is 0.461 e. The monoisotopic (exact) mass is 253 g/mol. The van der Waals surface area contributed by atoms with E-state index < -0.39 is 0 Å². The first kappa shape index (κ1) is 14.5. The fourth-order valence-corrected chi connectivity index (χ4v) is 1.89. The van der Waals surface area contributed by atoms with E-state index in [1.807, 2.05) is 13.8 Å². The first-order chi connectivity index (χ1) is 8.52. The summed E-state index contributed by atoms with van der Waals surface area (Å²) in [6.07, 6.45) is 2.05. The predicted molar refractivity (Wildman–Crippen MR) is 71.6 cm³/mol. The van der Waals surface area contributed by atoms with E-state index in [0.29, 0.717) is 18.1 Å². The molecule has 0 aliphatic heterocycles. The van der Waals surface area contributed by atoms with Gasteiger partial charge in [-0.1, -0.05) is 27.2 Å². The highest BCUT2D eigenvalue weighted by molar-refractivity contribution is 5.90. The number of nitrogen functional groups attached to an aromatic ring is 1. The van der Waals surface area contributed by atoms with Gasteiger partial charge in [0, 0.05) is 12.1 Å². The molecule has 0 fully saturated rings. The quantitative estimate of drug-likeness (QED) is 0.791. The Labute approximate surface area is 108 Å². The van der Waals surface area contributed by atoms with Gasteiger partial charge < -0.3 is 10.5 Å². The molecule has 18 heavy (non-hydrogen) atoms. The van der Waals surface area contributed by atoms with E-state index in [2.05, 4.69) is 12.0 Å². The number of hydrogen-bond acceptors (Lipinski definition) is 4. The zero-order chi connectivity index (χ0) is 13.7. The Hall–Kier alpha value is -1.52. The Balaban J connectivity index is 3.11. The van der Waals surface area contributed by atoms with Crippen molar-refractivity contribution in [3.8, 4) is 0 Å². The maximum Gasteiger partial charge on any atom is 0.359 e. The molecule has 0 saturated heterocycles. The van der Waals surface area contributed by atoms with Crippen molar-refractivity contribution in [2.45, 2.75) is 53.0 Å². The van der Waals surface area contributed by atoms with Crippen molar-refractivity contribution < 1.29 is 9.53 Å². The maximum absolute atomic E-state index is 11.9. The molecule has 5 heteroatoms. The summed E-state index contributed by atoms with van der Waals surface area (Å²) in [6, 6.07) is 0. The van der Waals surface area contributed by atoms with Gasteiger partial charge in [-0.25, -0.2) is 9.48 Å². The second-order valence-electron chi connectivity index (χ2n) is 4.60.